The number of benzene rings is 1. The van der Waals surface area contributed by atoms with Crippen molar-refractivity contribution in [2.75, 3.05) is 7.11 Å². The van der Waals surface area contributed by atoms with Crippen molar-refractivity contribution < 1.29 is 24.2 Å². The molecule has 0 aliphatic rings. The highest BCUT2D eigenvalue weighted by Gasteiger charge is 2.24. The first kappa shape index (κ1) is 16.1. The van der Waals surface area contributed by atoms with Gasteiger partial charge in [0.2, 0.25) is 5.88 Å². The fraction of sp³-hybridized carbons (Fsp3) is 0.214. The Balaban J connectivity index is 2.27. The van der Waals surface area contributed by atoms with Gasteiger partial charge in [-0.1, -0.05) is 17.7 Å². The molecular formula is C14H14ClFN2O4. The number of aryl methyl sites for hydroxylation is 1. The first-order chi connectivity index (χ1) is 10.3. The lowest BCUT2D eigenvalue weighted by atomic mass is 10.2. The summed E-state index contributed by atoms with van der Waals surface area (Å²) in [5, 5.41) is 20.4. The predicted molar refractivity (Wildman–Crippen MR) is 77.0 cm³/mol. The summed E-state index contributed by atoms with van der Waals surface area (Å²) in [4.78, 5) is 17.3. The van der Waals surface area contributed by atoms with Crippen molar-refractivity contribution in [3.63, 3.8) is 0 Å². The summed E-state index contributed by atoms with van der Waals surface area (Å²) < 4.78 is 14.2. The maximum absolute atomic E-state index is 13.0. The smallest absolute Gasteiger partial charge is 0.283 e. The molecule has 1 aromatic carbocycles. The summed E-state index contributed by atoms with van der Waals surface area (Å²) in [6.07, 6.45) is 1.27. The van der Waals surface area contributed by atoms with Crippen molar-refractivity contribution >= 4 is 17.5 Å². The quantitative estimate of drug-likeness (QED) is 0.845. The molecule has 0 saturated heterocycles. The second kappa shape index (κ2) is 6.25. The molecule has 0 spiro atoms. The standard InChI is InChI=1S/C14H14ClFN2O4/c1-17-7-10(12(19)14(17)21)13(20)18(22-2)6-8-3-4-9(16)5-11(8)15/h3-5,7,19,21H,6H2,1-2H3. The summed E-state index contributed by atoms with van der Waals surface area (Å²) in [5.74, 6) is -2.13. The van der Waals surface area contributed by atoms with E-state index in [0.29, 0.717) is 5.56 Å². The van der Waals surface area contributed by atoms with Crippen LogP contribution in [0.2, 0.25) is 5.02 Å². The van der Waals surface area contributed by atoms with E-state index in [1.165, 1.54) is 37.1 Å². The second-order valence-electron chi connectivity index (χ2n) is 4.59. The second-order valence-corrected chi connectivity index (χ2v) is 4.99. The lowest BCUT2D eigenvalue weighted by molar-refractivity contribution is -0.102. The fourth-order valence-electron chi connectivity index (χ4n) is 1.92. The van der Waals surface area contributed by atoms with Gasteiger partial charge in [0.15, 0.2) is 5.75 Å². The van der Waals surface area contributed by atoms with Gasteiger partial charge in [-0.25, -0.2) is 9.45 Å². The highest BCUT2D eigenvalue weighted by molar-refractivity contribution is 6.31. The van der Waals surface area contributed by atoms with Crippen LogP contribution < -0.4 is 0 Å². The predicted octanol–water partition coefficient (Wildman–Crippen LogP) is 2.43. The molecule has 118 valence electrons. The van der Waals surface area contributed by atoms with E-state index < -0.39 is 23.4 Å². The highest BCUT2D eigenvalue weighted by Crippen LogP contribution is 2.31. The SMILES string of the molecule is CON(Cc1ccc(F)cc1Cl)C(=O)c1cn(C)c(O)c1O. The number of halogens is 2. The number of hydrogen-bond acceptors (Lipinski definition) is 4. The number of nitrogens with zero attached hydrogens (tertiary/aromatic N) is 2. The normalized spacial score (nSPS) is 10.7. The van der Waals surface area contributed by atoms with E-state index in [4.69, 9.17) is 16.4 Å². The minimum Gasteiger partial charge on any atom is -0.503 e. The molecule has 0 atom stereocenters. The molecule has 2 aromatic rings. The van der Waals surface area contributed by atoms with Crippen molar-refractivity contribution in [2.24, 2.45) is 7.05 Å². The Labute approximate surface area is 130 Å². The van der Waals surface area contributed by atoms with Crippen molar-refractivity contribution in [1.82, 2.24) is 9.63 Å². The Morgan fingerprint density at radius 3 is 2.64 bits per heavy atom. The number of aromatic hydroxyl groups is 2. The van der Waals surface area contributed by atoms with Gasteiger partial charge in [-0.15, -0.1) is 0 Å². The molecule has 8 heteroatoms. The van der Waals surface area contributed by atoms with Gasteiger partial charge >= 0.3 is 0 Å². The molecule has 0 saturated carbocycles. The van der Waals surface area contributed by atoms with Gasteiger partial charge in [0.1, 0.15) is 11.4 Å². The van der Waals surface area contributed by atoms with Crippen LogP contribution in [0.1, 0.15) is 15.9 Å². The third kappa shape index (κ3) is 3.00. The first-order valence-corrected chi connectivity index (χ1v) is 6.60. The molecule has 0 unspecified atom stereocenters. The maximum atomic E-state index is 13.0. The molecule has 22 heavy (non-hydrogen) atoms. The van der Waals surface area contributed by atoms with E-state index in [9.17, 15) is 19.4 Å². The zero-order valence-electron chi connectivity index (χ0n) is 11.9. The average Bonchev–Trinajstić information content (AvgIpc) is 2.73. The van der Waals surface area contributed by atoms with Crippen LogP contribution in [-0.4, -0.2) is 32.9 Å². The summed E-state index contributed by atoms with van der Waals surface area (Å²) in [6.45, 7) is -0.0520. The molecule has 1 aromatic heterocycles. The van der Waals surface area contributed by atoms with E-state index >= 15 is 0 Å². The minimum atomic E-state index is -0.670. The van der Waals surface area contributed by atoms with E-state index in [1.54, 1.807) is 0 Å². The first-order valence-electron chi connectivity index (χ1n) is 6.22. The van der Waals surface area contributed by atoms with Crippen LogP contribution in [0.3, 0.4) is 0 Å². The van der Waals surface area contributed by atoms with Crippen molar-refractivity contribution in [1.29, 1.82) is 0 Å². The Morgan fingerprint density at radius 2 is 2.14 bits per heavy atom. The lowest BCUT2D eigenvalue weighted by Crippen LogP contribution is -2.29. The minimum absolute atomic E-state index is 0.0520. The van der Waals surface area contributed by atoms with E-state index in [0.717, 1.165) is 11.1 Å². The van der Waals surface area contributed by atoms with E-state index in [1.807, 2.05) is 0 Å². The molecular weight excluding hydrogens is 315 g/mol. The molecule has 0 aliphatic heterocycles. The topological polar surface area (TPSA) is 74.9 Å². The molecule has 0 radical (unpaired) electrons. The van der Waals surface area contributed by atoms with Gasteiger partial charge < -0.3 is 14.8 Å². The van der Waals surface area contributed by atoms with Crippen LogP contribution in [0, 0.1) is 5.82 Å². The molecule has 2 N–H and O–H groups in total. The van der Waals surface area contributed by atoms with Gasteiger partial charge in [-0.3, -0.25) is 9.63 Å². The number of carbonyl (C=O) groups is 1. The van der Waals surface area contributed by atoms with E-state index in [2.05, 4.69) is 0 Å². The molecule has 0 bridgehead atoms. The lowest BCUT2D eigenvalue weighted by Gasteiger charge is -2.20. The van der Waals surface area contributed by atoms with Crippen LogP contribution >= 0.6 is 11.6 Å². The van der Waals surface area contributed by atoms with Gasteiger partial charge in [-0.2, -0.15) is 0 Å². The van der Waals surface area contributed by atoms with Crippen LogP contribution in [0.15, 0.2) is 24.4 Å². The van der Waals surface area contributed by atoms with Crippen LogP contribution in [0.5, 0.6) is 11.6 Å². The number of aromatic nitrogens is 1. The molecule has 2 rings (SSSR count). The van der Waals surface area contributed by atoms with Gasteiger partial charge in [-0.05, 0) is 17.7 Å². The van der Waals surface area contributed by atoms with Crippen LogP contribution in [0.25, 0.3) is 0 Å². The number of hydroxylamine groups is 2. The van der Waals surface area contributed by atoms with Crippen LogP contribution in [0.4, 0.5) is 4.39 Å². The van der Waals surface area contributed by atoms with Crippen molar-refractivity contribution in [3.8, 4) is 11.6 Å². The summed E-state index contributed by atoms with van der Waals surface area (Å²) in [6, 6.07) is 3.77. The molecule has 1 amide bonds. The largest absolute Gasteiger partial charge is 0.503 e. The number of rotatable bonds is 4. The summed E-state index contributed by atoms with van der Waals surface area (Å²) in [5.41, 5.74) is 0.345. The number of hydrogen-bond donors (Lipinski definition) is 2. The molecule has 0 aliphatic carbocycles. The van der Waals surface area contributed by atoms with Gasteiger partial charge in [0.05, 0.1) is 13.7 Å². The Morgan fingerprint density at radius 1 is 1.45 bits per heavy atom. The molecule has 0 fully saturated rings. The Bertz CT molecular complexity index is 717. The molecule has 1 heterocycles. The number of carbonyl (C=O) groups excluding carboxylic acids is 1. The Kier molecular flexibility index (Phi) is 4.58. The van der Waals surface area contributed by atoms with Gasteiger partial charge in [0, 0.05) is 18.3 Å². The van der Waals surface area contributed by atoms with Gasteiger partial charge in [0.25, 0.3) is 5.91 Å². The maximum Gasteiger partial charge on any atom is 0.283 e. The summed E-state index contributed by atoms with van der Waals surface area (Å²) >= 11 is 5.91. The third-order valence-corrected chi connectivity index (χ3v) is 3.48. The Hall–Kier alpha value is -2.25. The fourth-order valence-corrected chi connectivity index (χ4v) is 2.15. The monoisotopic (exact) mass is 328 g/mol. The zero-order chi connectivity index (χ0) is 16.4. The summed E-state index contributed by atoms with van der Waals surface area (Å²) in [7, 11) is 2.75. The average molecular weight is 329 g/mol. The number of amides is 1. The van der Waals surface area contributed by atoms with Crippen molar-refractivity contribution in [2.45, 2.75) is 6.54 Å². The van der Waals surface area contributed by atoms with E-state index in [-0.39, 0.29) is 17.1 Å². The zero-order valence-corrected chi connectivity index (χ0v) is 12.6. The highest BCUT2D eigenvalue weighted by atomic mass is 35.5. The van der Waals surface area contributed by atoms with Crippen LogP contribution in [-0.2, 0) is 18.4 Å². The third-order valence-electron chi connectivity index (χ3n) is 3.13. The van der Waals surface area contributed by atoms with Crippen molar-refractivity contribution in [3.05, 3.63) is 46.4 Å². The molecule has 6 nitrogen and oxygen atoms in total.